The number of hydrazine groups is 2. The van der Waals surface area contributed by atoms with E-state index in [1.165, 1.54) is 16.7 Å². The Balaban J connectivity index is 2.22. The molecule has 4 heteroatoms. The van der Waals surface area contributed by atoms with Crippen LogP contribution in [0.2, 0.25) is 0 Å². The molecule has 2 N–H and O–H groups in total. The van der Waals surface area contributed by atoms with Gasteiger partial charge in [0.05, 0.1) is 6.04 Å². The predicted molar refractivity (Wildman–Crippen MR) is 54.2 cm³/mol. The summed E-state index contributed by atoms with van der Waals surface area (Å²) in [5, 5.41) is 6.25. The minimum absolute atomic E-state index is 0.346. The molecule has 1 aromatic rings. The quantitative estimate of drug-likeness (QED) is 0.639. The van der Waals surface area contributed by atoms with Crippen LogP contribution in [0.3, 0.4) is 0 Å². The molecule has 1 atom stereocenters. The summed E-state index contributed by atoms with van der Waals surface area (Å²) >= 11 is 0. The largest absolute Gasteiger partial charge is 0.264 e. The lowest BCUT2D eigenvalue weighted by molar-refractivity contribution is 0.246. The second kappa shape index (κ2) is 2.48. The molecular weight excluding hydrogens is 176 g/mol. The summed E-state index contributed by atoms with van der Waals surface area (Å²) in [6.07, 6.45) is 0. The van der Waals surface area contributed by atoms with Gasteiger partial charge in [0.25, 0.3) is 0 Å². The zero-order chi connectivity index (χ0) is 9.71. The highest BCUT2D eigenvalue weighted by Crippen LogP contribution is 2.33. The van der Waals surface area contributed by atoms with E-state index in [1.54, 1.807) is 0 Å². The summed E-state index contributed by atoms with van der Waals surface area (Å²) in [4.78, 5) is 0. The molecule has 2 heterocycles. The third kappa shape index (κ3) is 0.834. The molecule has 0 saturated heterocycles. The van der Waals surface area contributed by atoms with Crippen molar-refractivity contribution in [2.24, 2.45) is 5.10 Å². The monoisotopic (exact) mass is 188 g/mol. The molecule has 2 aliphatic heterocycles. The minimum Gasteiger partial charge on any atom is -0.264 e. The van der Waals surface area contributed by atoms with Crippen LogP contribution in [-0.2, 0) is 0 Å². The van der Waals surface area contributed by atoms with E-state index in [2.05, 4.69) is 48.2 Å². The van der Waals surface area contributed by atoms with E-state index in [0.717, 1.165) is 5.84 Å². The van der Waals surface area contributed by atoms with Crippen LogP contribution in [0.15, 0.2) is 23.3 Å². The van der Waals surface area contributed by atoms with Gasteiger partial charge in [0.2, 0.25) is 0 Å². The molecule has 2 aliphatic rings. The van der Waals surface area contributed by atoms with E-state index >= 15 is 0 Å². The number of benzene rings is 1. The summed E-state index contributed by atoms with van der Waals surface area (Å²) < 4.78 is 0. The van der Waals surface area contributed by atoms with E-state index in [4.69, 9.17) is 0 Å². The Labute approximate surface area is 82.5 Å². The smallest absolute Gasteiger partial charge is 0.173 e. The maximum atomic E-state index is 4.20. The standard InChI is InChI=1S/C10H12N4/c1-6-3-4-8-9(5-6)7(2)14-10(8)11-12-13-14/h3-5,7,12-13H,1-2H3. The van der Waals surface area contributed by atoms with Gasteiger partial charge in [-0.3, -0.25) is 5.01 Å². The highest BCUT2D eigenvalue weighted by molar-refractivity contribution is 6.03. The molecule has 0 radical (unpaired) electrons. The Morgan fingerprint density at radius 2 is 2.29 bits per heavy atom. The molecule has 0 aromatic heterocycles. The van der Waals surface area contributed by atoms with Gasteiger partial charge in [-0.05, 0) is 19.4 Å². The van der Waals surface area contributed by atoms with Crippen molar-refractivity contribution < 1.29 is 0 Å². The molecule has 0 spiro atoms. The van der Waals surface area contributed by atoms with Crippen LogP contribution in [0.1, 0.15) is 29.7 Å². The van der Waals surface area contributed by atoms with Crippen LogP contribution in [0.5, 0.6) is 0 Å². The molecule has 0 fully saturated rings. The second-order valence-electron chi connectivity index (χ2n) is 3.80. The first kappa shape index (κ1) is 7.82. The topological polar surface area (TPSA) is 39.7 Å². The fraction of sp³-hybridized carbons (Fsp3) is 0.300. The van der Waals surface area contributed by atoms with E-state index in [-0.39, 0.29) is 0 Å². The van der Waals surface area contributed by atoms with Crippen LogP contribution < -0.4 is 11.1 Å². The maximum absolute atomic E-state index is 4.20. The van der Waals surface area contributed by atoms with Gasteiger partial charge in [-0.2, -0.15) is 0 Å². The molecule has 72 valence electrons. The normalized spacial score (nSPS) is 22.9. The van der Waals surface area contributed by atoms with E-state index in [9.17, 15) is 0 Å². The first-order chi connectivity index (χ1) is 6.77. The highest BCUT2D eigenvalue weighted by Gasteiger charge is 2.34. The van der Waals surface area contributed by atoms with Gasteiger partial charge in [-0.1, -0.05) is 23.8 Å². The summed E-state index contributed by atoms with van der Waals surface area (Å²) in [6.45, 7) is 4.28. The molecule has 1 aromatic carbocycles. The maximum Gasteiger partial charge on any atom is 0.173 e. The number of amidine groups is 1. The van der Waals surface area contributed by atoms with Crippen LogP contribution in [0.25, 0.3) is 0 Å². The highest BCUT2D eigenvalue weighted by atomic mass is 15.8. The Morgan fingerprint density at radius 1 is 1.43 bits per heavy atom. The van der Waals surface area contributed by atoms with Crippen molar-refractivity contribution in [2.45, 2.75) is 19.9 Å². The summed E-state index contributed by atoms with van der Waals surface area (Å²) in [5.74, 6) is 0.993. The zero-order valence-electron chi connectivity index (χ0n) is 8.20. The number of nitrogens with zero attached hydrogens (tertiary/aromatic N) is 2. The van der Waals surface area contributed by atoms with Crippen molar-refractivity contribution in [3.8, 4) is 0 Å². The lowest BCUT2D eigenvalue weighted by Gasteiger charge is -2.17. The molecule has 14 heavy (non-hydrogen) atoms. The van der Waals surface area contributed by atoms with Crippen LogP contribution in [0, 0.1) is 6.92 Å². The first-order valence-corrected chi connectivity index (χ1v) is 4.76. The first-order valence-electron chi connectivity index (χ1n) is 4.76. The lowest BCUT2D eigenvalue weighted by Crippen LogP contribution is -2.38. The van der Waals surface area contributed by atoms with Gasteiger partial charge >= 0.3 is 0 Å². The number of hydrogen-bond donors (Lipinski definition) is 2. The van der Waals surface area contributed by atoms with Crippen molar-refractivity contribution in [1.82, 2.24) is 16.1 Å². The molecular formula is C10H12N4. The Hall–Kier alpha value is -1.55. The third-order valence-electron chi connectivity index (χ3n) is 2.85. The predicted octanol–water partition coefficient (Wildman–Crippen LogP) is 1.06. The van der Waals surface area contributed by atoms with Crippen molar-refractivity contribution >= 4 is 5.84 Å². The Bertz CT molecular complexity index is 424. The number of aryl methyl sites for hydroxylation is 1. The number of hydrazone groups is 1. The number of rotatable bonds is 0. The van der Waals surface area contributed by atoms with Gasteiger partial charge in [-0.25, -0.2) is 5.53 Å². The lowest BCUT2D eigenvalue weighted by atomic mass is 10.0. The number of nitrogens with one attached hydrogen (secondary N) is 2. The van der Waals surface area contributed by atoms with Gasteiger partial charge in [-0.15, -0.1) is 10.6 Å². The average molecular weight is 188 g/mol. The van der Waals surface area contributed by atoms with Crippen molar-refractivity contribution in [3.05, 3.63) is 34.9 Å². The zero-order valence-corrected chi connectivity index (χ0v) is 8.20. The summed E-state index contributed by atoms with van der Waals surface area (Å²) in [6, 6.07) is 6.83. The molecule has 0 saturated carbocycles. The van der Waals surface area contributed by atoms with E-state index < -0.39 is 0 Å². The van der Waals surface area contributed by atoms with E-state index in [0.29, 0.717) is 6.04 Å². The van der Waals surface area contributed by atoms with Crippen molar-refractivity contribution in [3.63, 3.8) is 0 Å². The number of fused-ring (bicyclic) bond motifs is 3. The van der Waals surface area contributed by atoms with Crippen LogP contribution in [-0.4, -0.2) is 10.8 Å². The fourth-order valence-electron chi connectivity index (χ4n) is 2.08. The second-order valence-corrected chi connectivity index (χ2v) is 3.80. The molecule has 4 nitrogen and oxygen atoms in total. The van der Waals surface area contributed by atoms with Gasteiger partial charge in [0, 0.05) is 5.56 Å². The Kier molecular flexibility index (Phi) is 1.39. The molecule has 1 unspecified atom stereocenters. The van der Waals surface area contributed by atoms with Crippen LogP contribution in [0.4, 0.5) is 0 Å². The molecule has 0 aliphatic carbocycles. The van der Waals surface area contributed by atoms with Crippen molar-refractivity contribution in [2.75, 3.05) is 0 Å². The third-order valence-corrected chi connectivity index (χ3v) is 2.85. The number of hydrogen-bond acceptors (Lipinski definition) is 4. The Morgan fingerprint density at radius 3 is 3.14 bits per heavy atom. The molecule has 3 rings (SSSR count). The average Bonchev–Trinajstić information content (AvgIpc) is 2.72. The summed E-state index contributed by atoms with van der Waals surface area (Å²) in [5.41, 5.74) is 9.65. The molecule has 0 amide bonds. The van der Waals surface area contributed by atoms with Gasteiger partial charge < -0.3 is 0 Å². The summed E-state index contributed by atoms with van der Waals surface area (Å²) in [7, 11) is 0. The van der Waals surface area contributed by atoms with Crippen molar-refractivity contribution in [1.29, 1.82) is 0 Å². The SMILES string of the molecule is Cc1ccc2c(c1)C(C)N1NNN=C21. The van der Waals surface area contributed by atoms with Gasteiger partial charge in [0.15, 0.2) is 5.84 Å². The fourth-order valence-corrected chi connectivity index (χ4v) is 2.08. The minimum atomic E-state index is 0.346. The van der Waals surface area contributed by atoms with E-state index in [1.807, 2.05) is 5.01 Å². The molecule has 0 bridgehead atoms. The van der Waals surface area contributed by atoms with Gasteiger partial charge in [0.1, 0.15) is 0 Å². The van der Waals surface area contributed by atoms with Crippen LogP contribution >= 0.6 is 0 Å².